The van der Waals surface area contributed by atoms with Crippen LogP contribution >= 0.6 is 27.7 Å². The summed E-state index contributed by atoms with van der Waals surface area (Å²) in [7, 11) is 1.40. The molecule has 2 rings (SSSR count). The van der Waals surface area contributed by atoms with Crippen LogP contribution in [-0.2, 0) is 11.2 Å². The van der Waals surface area contributed by atoms with Gasteiger partial charge in [-0.2, -0.15) is 0 Å². The first-order chi connectivity index (χ1) is 9.63. The second-order valence-electron chi connectivity index (χ2n) is 4.22. The number of esters is 1. The molecule has 0 aliphatic rings. The molecule has 0 radical (unpaired) electrons. The number of halogens is 1. The minimum atomic E-state index is -0.292. The molecular weight excluding hydrogens is 336 g/mol. The van der Waals surface area contributed by atoms with E-state index in [4.69, 9.17) is 4.74 Å². The quantitative estimate of drug-likeness (QED) is 0.729. The molecule has 0 bridgehead atoms. The van der Waals surface area contributed by atoms with Crippen molar-refractivity contribution in [2.75, 3.05) is 7.11 Å². The van der Waals surface area contributed by atoms with Gasteiger partial charge in [0.2, 0.25) is 0 Å². The van der Waals surface area contributed by atoms with Crippen molar-refractivity contribution >= 4 is 33.7 Å². The van der Waals surface area contributed by atoms with Crippen molar-refractivity contribution < 1.29 is 9.53 Å². The summed E-state index contributed by atoms with van der Waals surface area (Å²) >= 11 is 5.13. The minimum absolute atomic E-state index is 0.292. The van der Waals surface area contributed by atoms with E-state index in [1.54, 1.807) is 11.8 Å². The highest BCUT2D eigenvalue weighted by Gasteiger charge is 2.10. The molecule has 0 aliphatic heterocycles. The average Bonchev–Trinajstić information content (AvgIpc) is 2.49. The number of aryl methyl sites for hydroxylation is 1. The van der Waals surface area contributed by atoms with Crippen molar-refractivity contribution in [1.82, 2.24) is 0 Å². The van der Waals surface area contributed by atoms with E-state index in [0.717, 1.165) is 16.5 Å². The van der Waals surface area contributed by atoms with Gasteiger partial charge in [0.05, 0.1) is 12.7 Å². The highest BCUT2D eigenvalue weighted by atomic mass is 79.9. The van der Waals surface area contributed by atoms with Crippen molar-refractivity contribution in [3.8, 4) is 0 Å². The fraction of sp³-hybridized carbons (Fsp3) is 0.188. The molecule has 104 valence electrons. The molecule has 0 spiro atoms. The van der Waals surface area contributed by atoms with Crippen LogP contribution in [0, 0.1) is 0 Å². The average molecular weight is 351 g/mol. The van der Waals surface area contributed by atoms with Crippen LogP contribution in [0.4, 0.5) is 0 Å². The lowest BCUT2D eigenvalue weighted by Crippen LogP contribution is -2.02. The van der Waals surface area contributed by atoms with E-state index in [0.29, 0.717) is 5.56 Å². The summed E-state index contributed by atoms with van der Waals surface area (Å²) < 4.78 is 5.82. The monoisotopic (exact) mass is 350 g/mol. The zero-order valence-electron chi connectivity index (χ0n) is 11.4. The standard InChI is InChI=1S/C16H15BrO2S/c1-3-11-10-12(16(18)19-2)4-9-15(11)20-14-7-5-13(17)6-8-14/h4-10H,3H2,1-2H3. The number of ether oxygens (including phenoxy) is 1. The number of benzene rings is 2. The van der Waals surface area contributed by atoms with Crippen LogP contribution in [0.3, 0.4) is 0 Å². The third-order valence-corrected chi connectivity index (χ3v) is 4.56. The van der Waals surface area contributed by atoms with Gasteiger partial charge in [0.1, 0.15) is 0 Å². The number of carbonyl (C=O) groups excluding carboxylic acids is 1. The van der Waals surface area contributed by atoms with Crippen LogP contribution in [0.1, 0.15) is 22.8 Å². The summed E-state index contributed by atoms with van der Waals surface area (Å²) in [5, 5.41) is 0. The molecule has 0 saturated carbocycles. The number of rotatable bonds is 4. The van der Waals surface area contributed by atoms with Gasteiger partial charge < -0.3 is 4.74 Å². The molecule has 0 atom stereocenters. The SMILES string of the molecule is CCc1cc(C(=O)OC)ccc1Sc1ccc(Br)cc1. The normalized spacial score (nSPS) is 10.3. The third kappa shape index (κ3) is 3.64. The van der Waals surface area contributed by atoms with E-state index in [9.17, 15) is 4.79 Å². The highest BCUT2D eigenvalue weighted by molar-refractivity contribution is 9.10. The van der Waals surface area contributed by atoms with Crippen molar-refractivity contribution in [2.24, 2.45) is 0 Å². The largest absolute Gasteiger partial charge is 0.465 e. The molecule has 4 heteroatoms. The van der Waals surface area contributed by atoms with Gasteiger partial charge in [0.15, 0.2) is 0 Å². The Morgan fingerprint density at radius 1 is 1.20 bits per heavy atom. The van der Waals surface area contributed by atoms with Gasteiger partial charge in [-0.25, -0.2) is 4.79 Å². The Hall–Kier alpha value is -1.26. The second kappa shape index (κ2) is 6.95. The molecule has 0 amide bonds. The predicted molar refractivity (Wildman–Crippen MR) is 85.4 cm³/mol. The lowest BCUT2D eigenvalue weighted by atomic mass is 10.1. The van der Waals surface area contributed by atoms with Gasteiger partial charge >= 0.3 is 5.97 Å². The Labute approximate surface area is 131 Å². The molecule has 0 saturated heterocycles. The number of carbonyl (C=O) groups is 1. The summed E-state index contributed by atoms with van der Waals surface area (Å²) in [6.07, 6.45) is 0.879. The van der Waals surface area contributed by atoms with Crippen LogP contribution in [0.5, 0.6) is 0 Å². The Bertz CT molecular complexity index is 608. The van der Waals surface area contributed by atoms with Gasteiger partial charge in [-0.05, 0) is 54.4 Å². The molecular formula is C16H15BrO2S. The van der Waals surface area contributed by atoms with Crippen LogP contribution in [0.15, 0.2) is 56.7 Å². The molecule has 2 aromatic carbocycles. The lowest BCUT2D eigenvalue weighted by Gasteiger charge is -2.09. The zero-order valence-corrected chi connectivity index (χ0v) is 13.8. The number of hydrogen-bond donors (Lipinski definition) is 0. The van der Waals surface area contributed by atoms with Gasteiger partial charge in [0.25, 0.3) is 0 Å². The molecule has 0 aliphatic carbocycles. The van der Waals surface area contributed by atoms with E-state index in [1.165, 1.54) is 16.9 Å². The van der Waals surface area contributed by atoms with Crippen molar-refractivity contribution in [3.63, 3.8) is 0 Å². The fourth-order valence-electron chi connectivity index (χ4n) is 1.83. The van der Waals surface area contributed by atoms with Crippen LogP contribution in [0.2, 0.25) is 0 Å². The maximum Gasteiger partial charge on any atom is 0.337 e. The topological polar surface area (TPSA) is 26.3 Å². The van der Waals surface area contributed by atoms with Gasteiger partial charge in [0, 0.05) is 14.3 Å². The Morgan fingerprint density at radius 3 is 2.50 bits per heavy atom. The number of methoxy groups -OCH3 is 1. The Kier molecular flexibility index (Phi) is 5.26. The van der Waals surface area contributed by atoms with Crippen molar-refractivity contribution in [3.05, 3.63) is 58.1 Å². The molecule has 0 fully saturated rings. The Balaban J connectivity index is 2.27. The van der Waals surface area contributed by atoms with Crippen LogP contribution in [-0.4, -0.2) is 13.1 Å². The van der Waals surface area contributed by atoms with Crippen molar-refractivity contribution in [2.45, 2.75) is 23.1 Å². The second-order valence-corrected chi connectivity index (χ2v) is 6.25. The fourth-order valence-corrected chi connectivity index (χ4v) is 3.09. The van der Waals surface area contributed by atoms with Crippen LogP contribution < -0.4 is 0 Å². The van der Waals surface area contributed by atoms with Gasteiger partial charge in [-0.3, -0.25) is 0 Å². The number of hydrogen-bond acceptors (Lipinski definition) is 3. The molecule has 0 heterocycles. The van der Waals surface area contributed by atoms with Gasteiger partial charge in [-0.1, -0.05) is 34.6 Å². The van der Waals surface area contributed by atoms with E-state index >= 15 is 0 Å². The van der Waals surface area contributed by atoms with E-state index in [1.807, 2.05) is 30.3 Å². The van der Waals surface area contributed by atoms with Crippen molar-refractivity contribution in [1.29, 1.82) is 0 Å². The summed E-state index contributed by atoms with van der Waals surface area (Å²) in [6.45, 7) is 2.09. The maximum atomic E-state index is 11.6. The minimum Gasteiger partial charge on any atom is -0.465 e. The molecule has 20 heavy (non-hydrogen) atoms. The predicted octanol–water partition coefficient (Wildman–Crippen LogP) is 4.95. The summed E-state index contributed by atoms with van der Waals surface area (Å²) in [5.74, 6) is -0.292. The maximum absolute atomic E-state index is 11.6. The summed E-state index contributed by atoms with van der Waals surface area (Å²) in [6, 6.07) is 13.9. The first-order valence-electron chi connectivity index (χ1n) is 6.28. The summed E-state index contributed by atoms with van der Waals surface area (Å²) in [4.78, 5) is 13.9. The Morgan fingerprint density at radius 2 is 1.90 bits per heavy atom. The third-order valence-electron chi connectivity index (χ3n) is 2.90. The summed E-state index contributed by atoms with van der Waals surface area (Å²) in [5.41, 5.74) is 1.75. The molecule has 0 unspecified atom stereocenters. The van der Waals surface area contributed by atoms with Gasteiger partial charge in [-0.15, -0.1) is 0 Å². The first-order valence-corrected chi connectivity index (χ1v) is 7.89. The molecule has 2 aromatic rings. The molecule has 0 aromatic heterocycles. The van der Waals surface area contributed by atoms with Crippen LogP contribution in [0.25, 0.3) is 0 Å². The highest BCUT2D eigenvalue weighted by Crippen LogP contribution is 2.32. The smallest absolute Gasteiger partial charge is 0.337 e. The first kappa shape index (κ1) is 15.1. The molecule has 0 N–H and O–H groups in total. The lowest BCUT2D eigenvalue weighted by molar-refractivity contribution is 0.0600. The zero-order chi connectivity index (χ0) is 14.5. The van der Waals surface area contributed by atoms with E-state index in [2.05, 4.69) is 35.0 Å². The van der Waals surface area contributed by atoms with E-state index in [-0.39, 0.29) is 5.97 Å². The molecule has 2 nitrogen and oxygen atoms in total. The van der Waals surface area contributed by atoms with E-state index < -0.39 is 0 Å².